The summed E-state index contributed by atoms with van der Waals surface area (Å²) in [6.07, 6.45) is 0.569. The first kappa shape index (κ1) is 20.0. The van der Waals surface area contributed by atoms with Crippen molar-refractivity contribution in [1.29, 1.82) is 0 Å². The van der Waals surface area contributed by atoms with Crippen molar-refractivity contribution in [3.05, 3.63) is 52.0 Å². The number of carbonyl (C=O) groups is 1. The molecule has 0 aromatic heterocycles. The molecule has 26 heavy (non-hydrogen) atoms. The van der Waals surface area contributed by atoms with E-state index < -0.39 is 6.61 Å². The summed E-state index contributed by atoms with van der Waals surface area (Å²) in [5.41, 5.74) is 1.31. The summed E-state index contributed by atoms with van der Waals surface area (Å²) in [6, 6.07) is 9.15. The van der Waals surface area contributed by atoms with Gasteiger partial charge in [-0.15, -0.1) is 0 Å². The van der Waals surface area contributed by atoms with E-state index in [4.69, 9.17) is 9.47 Å². The summed E-state index contributed by atoms with van der Waals surface area (Å²) in [5.74, 6) is 0.918. The van der Waals surface area contributed by atoms with Crippen molar-refractivity contribution in [2.45, 2.75) is 13.0 Å². The first-order valence-corrected chi connectivity index (χ1v) is 8.47. The largest absolute Gasteiger partial charge is 0.493 e. The third-order valence-corrected chi connectivity index (χ3v) is 4.31. The van der Waals surface area contributed by atoms with Crippen LogP contribution in [-0.4, -0.2) is 33.3 Å². The average Bonchev–Trinajstić information content (AvgIpc) is 2.62. The zero-order valence-corrected chi connectivity index (χ0v) is 15.8. The highest BCUT2D eigenvalue weighted by Gasteiger charge is 2.11. The molecule has 1 N–H and O–H groups in total. The van der Waals surface area contributed by atoms with Crippen LogP contribution in [0.25, 0.3) is 0 Å². The number of ether oxygens (including phenoxy) is 3. The van der Waals surface area contributed by atoms with E-state index in [9.17, 15) is 13.6 Å². The molecule has 0 aliphatic carbocycles. The summed E-state index contributed by atoms with van der Waals surface area (Å²) < 4.78 is 39.8. The fraction of sp³-hybridized carbons (Fsp3) is 0.278. The highest BCUT2D eigenvalue weighted by molar-refractivity contribution is 9.10. The van der Waals surface area contributed by atoms with Crippen LogP contribution in [0.15, 0.2) is 40.9 Å². The maximum atomic E-state index is 12.1. The van der Waals surface area contributed by atoms with Gasteiger partial charge in [-0.3, -0.25) is 4.79 Å². The highest BCUT2D eigenvalue weighted by Crippen LogP contribution is 2.33. The molecule has 0 spiro atoms. The van der Waals surface area contributed by atoms with Gasteiger partial charge in [0, 0.05) is 16.6 Å². The van der Waals surface area contributed by atoms with Crippen molar-refractivity contribution < 1.29 is 27.8 Å². The summed E-state index contributed by atoms with van der Waals surface area (Å²) in [5, 5.41) is 2.78. The molecule has 8 heteroatoms. The smallest absolute Gasteiger partial charge is 0.387 e. The second-order valence-corrected chi connectivity index (χ2v) is 6.06. The lowest BCUT2D eigenvalue weighted by Crippen LogP contribution is -2.25. The van der Waals surface area contributed by atoms with Gasteiger partial charge in [-0.25, -0.2) is 0 Å². The van der Waals surface area contributed by atoms with Crippen molar-refractivity contribution in [3.63, 3.8) is 0 Å². The molecule has 2 aromatic rings. The number of hydrogen-bond donors (Lipinski definition) is 1. The summed E-state index contributed by atoms with van der Waals surface area (Å²) in [6.45, 7) is -2.50. The van der Waals surface area contributed by atoms with Gasteiger partial charge in [0.1, 0.15) is 5.75 Å². The standard InChI is InChI=1S/C18H18BrF2NO4/c1-24-15-9-12(14(19)10-16(15)25-2)7-8-22-17(23)11-3-5-13(6-4-11)26-18(20)21/h3-6,9-10,18H,7-8H2,1-2H3,(H,22,23). The zero-order valence-electron chi connectivity index (χ0n) is 14.2. The van der Waals surface area contributed by atoms with Crippen molar-refractivity contribution in [3.8, 4) is 17.2 Å². The van der Waals surface area contributed by atoms with E-state index >= 15 is 0 Å². The van der Waals surface area contributed by atoms with E-state index in [1.807, 2.05) is 6.07 Å². The number of halogens is 3. The van der Waals surface area contributed by atoms with Crippen molar-refractivity contribution in [1.82, 2.24) is 5.32 Å². The Morgan fingerprint density at radius 1 is 1.12 bits per heavy atom. The van der Waals surface area contributed by atoms with Crippen molar-refractivity contribution >= 4 is 21.8 Å². The van der Waals surface area contributed by atoms with Crippen molar-refractivity contribution in [2.75, 3.05) is 20.8 Å². The van der Waals surface area contributed by atoms with Crippen LogP contribution in [0.2, 0.25) is 0 Å². The Morgan fingerprint density at radius 2 is 1.73 bits per heavy atom. The molecule has 5 nitrogen and oxygen atoms in total. The van der Waals surface area contributed by atoms with Gasteiger partial charge in [0.25, 0.3) is 5.91 Å². The number of benzene rings is 2. The molecule has 0 radical (unpaired) electrons. The lowest BCUT2D eigenvalue weighted by molar-refractivity contribution is -0.0498. The first-order chi connectivity index (χ1) is 12.4. The van der Waals surface area contributed by atoms with Gasteiger partial charge < -0.3 is 19.5 Å². The number of nitrogens with one attached hydrogen (secondary N) is 1. The van der Waals surface area contributed by atoms with Gasteiger partial charge in [0.15, 0.2) is 11.5 Å². The van der Waals surface area contributed by atoms with Gasteiger partial charge in [-0.1, -0.05) is 15.9 Å². The van der Waals surface area contributed by atoms with Gasteiger partial charge in [-0.05, 0) is 48.4 Å². The minimum absolute atomic E-state index is 0.00538. The van der Waals surface area contributed by atoms with Gasteiger partial charge in [0.05, 0.1) is 14.2 Å². The lowest BCUT2D eigenvalue weighted by Gasteiger charge is -2.12. The third-order valence-electron chi connectivity index (χ3n) is 3.57. The fourth-order valence-corrected chi connectivity index (χ4v) is 2.81. The molecule has 140 valence electrons. The van der Waals surface area contributed by atoms with E-state index in [1.165, 1.54) is 24.3 Å². The number of hydrogen-bond acceptors (Lipinski definition) is 4. The summed E-state index contributed by atoms with van der Waals surface area (Å²) in [7, 11) is 3.11. The molecule has 1 amide bonds. The molecule has 0 bridgehead atoms. The van der Waals surface area contributed by atoms with E-state index in [2.05, 4.69) is 26.0 Å². The average molecular weight is 430 g/mol. The van der Waals surface area contributed by atoms with E-state index in [-0.39, 0.29) is 11.7 Å². The number of methoxy groups -OCH3 is 2. The third kappa shape index (κ3) is 5.32. The van der Waals surface area contributed by atoms with Crippen LogP contribution in [0.4, 0.5) is 8.78 Å². The quantitative estimate of drug-likeness (QED) is 0.687. The molecule has 0 aliphatic heterocycles. The number of rotatable bonds is 8. The molecule has 0 heterocycles. The first-order valence-electron chi connectivity index (χ1n) is 7.68. The molecule has 2 rings (SSSR count). The van der Waals surface area contributed by atoms with Gasteiger partial charge >= 0.3 is 6.61 Å². The SMILES string of the molecule is COc1cc(Br)c(CCNC(=O)c2ccc(OC(F)F)cc2)cc1OC. The van der Waals surface area contributed by atoms with Crippen LogP contribution in [0.1, 0.15) is 15.9 Å². The topological polar surface area (TPSA) is 56.8 Å². The second kappa shape index (κ2) is 9.38. The zero-order chi connectivity index (χ0) is 19.1. The Labute approximate surface area is 158 Å². The maximum absolute atomic E-state index is 12.1. The Hall–Kier alpha value is -2.35. The Kier molecular flexibility index (Phi) is 7.20. The predicted molar refractivity (Wildman–Crippen MR) is 96.4 cm³/mol. The minimum Gasteiger partial charge on any atom is -0.493 e. The predicted octanol–water partition coefficient (Wildman–Crippen LogP) is 4.04. The molecule has 0 unspecified atom stereocenters. The van der Waals surface area contributed by atoms with Crippen LogP contribution >= 0.6 is 15.9 Å². The van der Waals surface area contributed by atoms with Crippen LogP contribution in [-0.2, 0) is 6.42 Å². The van der Waals surface area contributed by atoms with Crippen LogP contribution < -0.4 is 19.5 Å². The Bertz CT molecular complexity index is 754. The van der Waals surface area contributed by atoms with Gasteiger partial charge in [0.2, 0.25) is 0 Å². The highest BCUT2D eigenvalue weighted by atomic mass is 79.9. The molecular weight excluding hydrogens is 412 g/mol. The minimum atomic E-state index is -2.89. The van der Waals surface area contributed by atoms with Crippen LogP contribution in [0.3, 0.4) is 0 Å². The number of carbonyl (C=O) groups excluding carboxylic acids is 1. The van der Waals surface area contributed by atoms with E-state index in [0.717, 1.165) is 10.0 Å². The van der Waals surface area contributed by atoms with E-state index in [0.29, 0.717) is 30.0 Å². The normalized spacial score (nSPS) is 10.5. The monoisotopic (exact) mass is 429 g/mol. The second-order valence-electron chi connectivity index (χ2n) is 5.21. The number of alkyl halides is 2. The molecule has 0 fully saturated rings. The summed E-state index contributed by atoms with van der Waals surface area (Å²) >= 11 is 3.47. The van der Waals surface area contributed by atoms with Crippen LogP contribution in [0, 0.1) is 0 Å². The van der Waals surface area contributed by atoms with Crippen molar-refractivity contribution in [2.24, 2.45) is 0 Å². The van der Waals surface area contributed by atoms with E-state index in [1.54, 1.807) is 20.3 Å². The van der Waals surface area contributed by atoms with Gasteiger partial charge in [-0.2, -0.15) is 8.78 Å². The maximum Gasteiger partial charge on any atom is 0.387 e. The summed E-state index contributed by atoms with van der Waals surface area (Å²) in [4.78, 5) is 12.1. The molecule has 0 aliphatic rings. The Balaban J connectivity index is 1.94. The molecule has 2 aromatic carbocycles. The van der Waals surface area contributed by atoms with Crippen LogP contribution in [0.5, 0.6) is 17.2 Å². The fourth-order valence-electron chi connectivity index (χ4n) is 2.29. The lowest BCUT2D eigenvalue weighted by atomic mass is 10.1. The molecule has 0 atom stereocenters. The molecule has 0 saturated heterocycles. The molecule has 0 saturated carbocycles. The Morgan fingerprint density at radius 3 is 2.31 bits per heavy atom. The number of amides is 1. The molecular formula is C18H18BrF2NO4.